The minimum Gasteiger partial charge on any atom is -0.481 e. The van der Waals surface area contributed by atoms with E-state index in [1.54, 1.807) is 0 Å². The first-order valence-electron chi connectivity index (χ1n) is 2.16. The molecule has 0 saturated carbocycles. The standard InChI is InChI=1S/C4H6O4S.2Li.Sb/c5-3(6)1-2(9)4(7)8;;;/h2,9H,1H2,(H,5,6)(H,7,8);;;. The Hall–Kier alpha value is 1.30. The molecule has 12 heavy (non-hydrogen) atoms. The number of hydrogen-bond donors (Lipinski definition) is 3. The second kappa shape index (κ2) is 12.3. The van der Waals surface area contributed by atoms with Crippen molar-refractivity contribution in [3.8, 4) is 0 Å². The van der Waals surface area contributed by atoms with Gasteiger partial charge in [0, 0.05) is 62.1 Å². The van der Waals surface area contributed by atoms with Crippen LogP contribution in [-0.4, -0.2) is 89.6 Å². The Morgan fingerprint density at radius 2 is 1.58 bits per heavy atom. The van der Waals surface area contributed by atoms with Crippen LogP contribution in [0.1, 0.15) is 6.42 Å². The molecule has 0 saturated heterocycles. The topological polar surface area (TPSA) is 74.6 Å². The Bertz CT molecular complexity index is 145. The van der Waals surface area contributed by atoms with Gasteiger partial charge < -0.3 is 10.2 Å². The normalized spacial score (nSPS) is 9.42. The van der Waals surface area contributed by atoms with Crippen LogP contribution in [-0.2, 0) is 9.59 Å². The van der Waals surface area contributed by atoms with Crippen LogP contribution in [0, 0.1) is 0 Å². The molecule has 8 heteroatoms. The van der Waals surface area contributed by atoms with Crippen LogP contribution in [0.5, 0.6) is 0 Å². The van der Waals surface area contributed by atoms with Crippen molar-refractivity contribution in [2.24, 2.45) is 0 Å². The first-order chi connectivity index (χ1) is 4.04. The van der Waals surface area contributed by atoms with Crippen molar-refractivity contribution in [3.63, 3.8) is 0 Å². The molecule has 0 bridgehead atoms. The minimum absolute atomic E-state index is 0. The van der Waals surface area contributed by atoms with E-state index in [1.165, 1.54) is 0 Å². The second-order valence-electron chi connectivity index (χ2n) is 1.45. The van der Waals surface area contributed by atoms with Gasteiger partial charge >= 0.3 is 11.9 Å². The zero-order valence-electron chi connectivity index (χ0n) is 6.89. The third kappa shape index (κ3) is 13.9. The van der Waals surface area contributed by atoms with Gasteiger partial charge in [-0.1, -0.05) is 0 Å². The van der Waals surface area contributed by atoms with Crippen LogP contribution in [0.25, 0.3) is 0 Å². The van der Waals surface area contributed by atoms with Crippen molar-refractivity contribution in [2.75, 3.05) is 0 Å². The largest absolute Gasteiger partial charge is 0.481 e. The van der Waals surface area contributed by atoms with Gasteiger partial charge in [0.1, 0.15) is 5.25 Å². The predicted octanol–water partition coefficient (Wildman–Crippen LogP) is -1.30. The molecule has 0 aliphatic heterocycles. The molecule has 0 spiro atoms. The summed E-state index contributed by atoms with van der Waals surface area (Å²) in [6.45, 7) is 0. The van der Waals surface area contributed by atoms with Gasteiger partial charge in [0.05, 0.1) is 6.42 Å². The van der Waals surface area contributed by atoms with E-state index < -0.39 is 23.6 Å². The van der Waals surface area contributed by atoms with Crippen molar-refractivity contribution >= 4 is 86.7 Å². The molecule has 0 fully saturated rings. The van der Waals surface area contributed by atoms with E-state index in [4.69, 9.17) is 10.2 Å². The van der Waals surface area contributed by atoms with Crippen molar-refractivity contribution in [3.05, 3.63) is 0 Å². The van der Waals surface area contributed by atoms with E-state index in [9.17, 15) is 9.59 Å². The van der Waals surface area contributed by atoms with Gasteiger partial charge in [-0.2, -0.15) is 12.6 Å². The summed E-state index contributed by atoms with van der Waals surface area (Å²) in [5, 5.41) is 15.0. The Labute approximate surface area is 117 Å². The molecule has 0 aliphatic carbocycles. The third-order valence-corrected chi connectivity index (χ3v) is 1.06. The first kappa shape index (κ1) is 23.3. The van der Waals surface area contributed by atoms with Gasteiger partial charge in [-0.3, -0.25) is 9.59 Å². The molecule has 59 valence electrons. The van der Waals surface area contributed by atoms with Gasteiger partial charge in [0.15, 0.2) is 0 Å². The summed E-state index contributed by atoms with van der Waals surface area (Å²) in [5.74, 6) is -2.36. The smallest absolute Gasteiger partial charge is 0.316 e. The van der Waals surface area contributed by atoms with E-state index in [0.717, 1.165) is 0 Å². The molecule has 1 unspecified atom stereocenters. The van der Waals surface area contributed by atoms with Gasteiger partial charge in [0.25, 0.3) is 0 Å². The average molecular weight is 286 g/mol. The fraction of sp³-hybridized carbons (Fsp3) is 0.500. The monoisotopic (exact) mass is 285 g/mol. The van der Waals surface area contributed by atoms with Crippen LogP contribution >= 0.6 is 12.6 Å². The molecule has 2 N–H and O–H groups in total. The average Bonchev–Trinajstić information content (AvgIpc) is 1.63. The summed E-state index contributed by atoms with van der Waals surface area (Å²) in [7, 11) is 0. The number of aliphatic carboxylic acids is 2. The van der Waals surface area contributed by atoms with E-state index in [-0.39, 0.29) is 62.1 Å². The van der Waals surface area contributed by atoms with Crippen LogP contribution in [0.15, 0.2) is 0 Å². The fourth-order valence-corrected chi connectivity index (χ4v) is 0.409. The molecule has 1 atom stereocenters. The van der Waals surface area contributed by atoms with Crippen LogP contribution in [0.3, 0.4) is 0 Å². The molecule has 0 rings (SSSR count). The fourth-order valence-electron chi connectivity index (χ4n) is 0.253. The molecule has 0 aromatic heterocycles. The molecule has 0 heterocycles. The minimum atomic E-state index is -1.21. The van der Waals surface area contributed by atoms with Crippen molar-refractivity contribution in [1.29, 1.82) is 0 Å². The van der Waals surface area contributed by atoms with E-state index in [1.807, 2.05) is 0 Å². The van der Waals surface area contributed by atoms with Gasteiger partial charge in [-0.25, -0.2) is 0 Å². The summed E-state index contributed by atoms with van der Waals surface area (Å²) < 4.78 is 0. The molecular formula is C4H6Li2O4SSb. The summed E-state index contributed by atoms with van der Waals surface area (Å²) >= 11 is 3.48. The quantitative estimate of drug-likeness (QED) is 0.445. The van der Waals surface area contributed by atoms with E-state index in [0.29, 0.717) is 0 Å². The first-order valence-corrected chi connectivity index (χ1v) is 2.68. The number of rotatable bonds is 3. The molecule has 0 aliphatic rings. The second-order valence-corrected chi connectivity index (χ2v) is 2.08. The van der Waals surface area contributed by atoms with E-state index >= 15 is 0 Å². The van der Waals surface area contributed by atoms with Gasteiger partial charge in [-0.05, 0) is 0 Å². The van der Waals surface area contributed by atoms with Gasteiger partial charge in [0.2, 0.25) is 0 Å². The summed E-state index contributed by atoms with van der Waals surface area (Å²) in [6.07, 6.45) is -0.446. The molecular weight excluding hydrogens is 280 g/mol. The van der Waals surface area contributed by atoms with Crippen LogP contribution < -0.4 is 0 Å². The molecule has 5 radical (unpaired) electrons. The Morgan fingerprint density at radius 3 is 1.67 bits per heavy atom. The van der Waals surface area contributed by atoms with Crippen molar-refractivity contribution in [2.45, 2.75) is 11.7 Å². The zero-order chi connectivity index (χ0) is 7.44. The maximum Gasteiger partial charge on any atom is 0.316 e. The maximum atomic E-state index is 9.90. The number of carboxylic acid groups (broad SMARTS) is 2. The van der Waals surface area contributed by atoms with Crippen LogP contribution in [0.4, 0.5) is 0 Å². The van der Waals surface area contributed by atoms with Gasteiger partial charge in [-0.15, -0.1) is 0 Å². The number of carboxylic acids is 2. The van der Waals surface area contributed by atoms with Crippen molar-refractivity contribution < 1.29 is 19.8 Å². The SMILES string of the molecule is O=C(O)CC(S)C(=O)O.[Li].[Li].[Sb]. The van der Waals surface area contributed by atoms with Crippen molar-refractivity contribution in [1.82, 2.24) is 0 Å². The Morgan fingerprint density at radius 1 is 1.25 bits per heavy atom. The van der Waals surface area contributed by atoms with E-state index in [2.05, 4.69) is 12.6 Å². The molecule has 4 nitrogen and oxygen atoms in total. The molecule has 0 amide bonds. The summed E-state index contributed by atoms with van der Waals surface area (Å²) in [6, 6.07) is 0. The zero-order valence-corrected chi connectivity index (χ0v) is 10.3. The predicted molar refractivity (Wildman–Crippen MR) is 49.9 cm³/mol. The number of carbonyl (C=O) groups is 2. The van der Waals surface area contributed by atoms with Crippen LogP contribution in [0.2, 0.25) is 0 Å². The molecule has 0 aromatic carbocycles. The Kier molecular flexibility index (Phi) is 23.9. The number of thiol groups is 1. The number of hydrogen-bond acceptors (Lipinski definition) is 3. The summed E-state index contributed by atoms with van der Waals surface area (Å²) in [4.78, 5) is 19.7. The maximum absolute atomic E-state index is 9.90. The third-order valence-electron chi connectivity index (χ3n) is 0.653. The summed E-state index contributed by atoms with van der Waals surface area (Å²) in [5.41, 5.74) is 0. The Balaban J connectivity index is -0.000000107. The molecule has 0 aromatic rings.